The highest BCUT2D eigenvalue weighted by molar-refractivity contribution is 5.76. The molecular formula is C21H27NO3. The Balaban J connectivity index is 1.60. The van der Waals surface area contributed by atoms with Gasteiger partial charge in [-0.05, 0) is 57.4 Å². The van der Waals surface area contributed by atoms with Crippen LogP contribution in [0, 0.1) is 11.8 Å². The van der Waals surface area contributed by atoms with Crippen LogP contribution in [0.3, 0.4) is 0 Å². The highest BCUT2D eigenvalue weighted by atomic mass is 16.6. The second-order valence-corrected chi connectivity index (χ2v) is 8.44. The first kappa shape index (κ1) is 16.5. The van der Waals surface area contributed by atoms with Crippen molar-refractivity contribution in [1.29, 1.82) is 0 Å². The van der Waals surface area contributed by atoms with E-state index in [1.807, 2.05) is 20.8 Å². The molecule has 0 radical (unpaired) electrons. The monoisotopic (exact) mass is 341 g/mol. The van der Waals surface area contributed by atoms with E-state index in [9.17, 15) is 4.79 Å². The molecule has 1 saturated carbocycles. The van der Waals surface area contributed by atoms with Crippen molar-refractivity contribution in [1.82, 2.24) is 4.90 Å². The Bertz CT molecular complexity index is 716. The summed E-state index contributed by atoms with van der Waals surface area (Å²) >= 11 is 0. The van der Waals surface area contributed by atoms with E-state index < -0.39 is 5.60 Å². The molecule has 1 amide bonds. The van der Waals surface area contributed by atoms with Gasteiger partial charge < -0.3 is 14.4 Å². The average molecular weight is 341 g/mol. The van der Waals surface area contributed by atoms with Gasteiger partial charge in [0.05, 0.1) is 13.1 Å². The summed E-state index contributed by atoms with van der Waals surface area (Å²) < 4.78 is 11.7. The number of para-hydroxylation sites is 1. The van der Waals surface area contributed by atoms with Gasteiger partial charge in [-0.25, -0.2) is 4.79 Å². The molecule has 4 rings (SSSR count). The Morgan fingerprint density at radius 3 is 2.80 bits per heavy atom. The molecule has 2 bridgehead atoms. The zero-order chi connectivity index (χ0) is 17.6. The number of amides is 1. The van der Waals surface area contributed by atoms with Crippen molar-refractivity contribution in [3.05, 3.63) is 35.4 Å². The van der Waals surface area contributed by atoms with Gasteiger partial charge >= 0.3 is 6.09 Å². The van der Waals surface area contributed by atoms with Gasteiger partial charge in [-0.2, -0.15) is 0 Å². The maximum Gasteiger partial charge on any atom is 0.410 e. The number of ether oxygens (including phenoxy) is 2. The second-order valence-electron chi connectivity index (χ2n) is 8.44. The molecule has 0 saturated heterocycles. The summed E-state index contributed by atoms with van der Waals surface area (Å²) in [7, 11) is 0. The number of carbonyl (C=O) groups is 1. The van der Waals surface area contributed by atoms with Crippen molar-refractivity contribution in [3.8, 4) is 5.75 Å². The van der Waals surface area contributed by atoms with Gasteiger partial charge in [0.1, 0.15) is 18.0 Å². The van der Waals surface area contributed by atoms with E-state index in [1.54, 1.807) is 4.90 Å². The molecule has 1 aliphatic heterocycles. The third kappa shape index (κ3) is 3.26. The van der Waals surface area contributed by atoms with Crippen LogP contribution < -0.4 is 4.74 Å². The average Bonchev–Trinajstić information content (AvgIpc) is 3.09. The predicted molar refractivity (Wildman–Crippen MR) is 97.4 cm³/mol. The molecule has 25 heavy (non-hydrogen) atoms. The molecule has 3 aliphatic rings. The quantitative estimate of drug-likeness (QED) is 0.747. The first-order valence-corrected chi connectivity index (χ1v) is 9.35. The number of carbonyl (C=O) groups excluding carboxylic acids is 1. The Hall–Kier alpha value is -1.97. The molecule has 0 aromatic heterocycles. The number of hydrogen-bond donors (Lipinski definition) is 0. The first-order valence-electron chi connectivity index (χ1n) is 9.35. The molecule has 1 aromatic carbocycles. The molecular weight excluding hydrogens is 314 g/mol. The summed E-state index contributed by atoms with van der Waals surface area (Å²) in [6.07, 6.45) is 6.10. The second kappa shape index (κ2) is 6.08. The number of fused-ring (bicyclic) bond motifs is 3. The summed E-state index contributed by atoms with van der Waals surface area (Å²) in [6.45, 7) is 7.28. The van der Waals surface area contributed by atoms with Crippen LogP contribution in [-0.4, -0.2) is 29.7 Å². The standard InChI is InChI=1S/C21H27NO3/c1-21(2,3)25-20(23)22-9-10-24-19-16(13-22)5-4-6-17(19)18-12-14-7-8-15(18)11-14/h4-6,12,14-15H,7-11,13H2,1-3H3. The lowest BCUT2D eigenvalue weighted by Crippen LogP contribution is -2.37. The zero-order valence-electron chi connectivity index (χ0n) is 15.4. The van der Waals surface area contributed by atoms with E-state index in [0.717, 1.165) is 17.2 Å². The molecule has 2 atom stereocenters. The predicted octanol–water partition coefficient (Wildman–Crippen LogP) is 4.63. The van der Waals surface area contributed by atoms with Gasteiger partial charge in [0, 0.05) is 11.1 Å². The van der Waals surface area contributed by atoms with Crippen LogP contribution in [-0.2, 0) is 11.3 Å². The summed E-state index contributed by atoms with van der Waals surface area (Å²) in [4.78, 5) is 14.2. The zero-order valence-corrected chi connectivity index (χ0v) is 15.4. The van der Waals surface area contributed by atoms with E-state index in [-0.39, 0.29) is 6.09 Å². The van der Waals surface area contributed by atoms with Crippen molar-refractivity contribution in [2.24, 2.45) is 11.8 Å². The molecule has 134 valence electrons. The smallest absolute Gasteiger partial charge is 0.410 e. The van der Waals surface area contributed by atoms with Gasteiger partial charge in [0.15, 0.2) is 0 Å². The fourth-order valence-electron chi connectivity index (χ4n) is 4.28. The van der Waals surface area contributed by atoms with Crippen LogP contribution in [0.5, 0.6) is 5.75 Å². The lowest BCUT2D eigenvalue weighted by atomic mass is 9.90. The number of allylic oxidation sites excluding steroid dienone is 2. The molecule has 4 heteroatoms. The number of nitrogens with zero attached hydrogens (tertiary/aromatic N) is 1. The van der Waals surface area contributed by atoms with Crippen LogP contribution in [0.15, 0.2) is 24.3 Å². The van der Waals surface area contributed by atoms with Crippen LogP contribution in [0.4, 0.5) is 4.79 Å². The topological polar surface area (TPSA) is 38.8 Å². The Morgan fingerprint density at radius 2 is 2.12 bits per heavy atom. The van der Waals surface area contributed by atoms with E-state index in [0.29, 0.717) is 25.6 Å². The van der Waals surface area contributed by atoms with Crippen LogP contribution in [0.25, 0.3) is 5.57 Å². The number of hydrogen-bond acceptors (Lipinski definition) is 3. The minimum absolute atomic E-state index is 0.270. The van der Waals surface area contributed by atoms with Crippen molar-refractivity contribution >= 4 is 11.7 Å². The van der Waals surface area contributed by atoms with Crippen molar-refractivity contribution in [3.63, 3.8) is 0 Å². The Labute approximate surface area is 149 Å². The van der Waals surface area contributed by atoms with Gasteiger partial charge in [0.2, 0.25) is 0 Å². The van der Waals surface area contributed by atoms with Crippen LogP contribution in [0.2, 0.25) is 0 Å². The molecule has 0 spiro atoms. The summed E-state index contributed by atoms with van der Waals surface area (Å²) in [5.74, 6) is 2.40. The van der Waals surface area contributed by atoms with Crippen molar-refractivity contribution in [2.75, 3.05) is 13.2 Å². The fourth-order valence-corrected chi connectivity index (χ4v) is 4.28. The lowest BCUT2D eigenvalue weighted by molar-refractivity contribution is 0.0225. The molecule has 2 unspecified atom stereocenters. The van der Waals surface area contributed by atoms with Crippen molar-refractivity contribution < 1.29 is 14.3 Å². The minimum Gasteiger partial charge on any atom is -0.491 e. The van der Waals surface area contributed by atoms with Gasteiger partial charge in [-0.1, -0.05) is 24.3 Å². The maximum atomic E-state index is 12.5. The van der Waals surface area contributed by atoms with Crippen molar-refractivity contribution in [2.45, 2.75) is 52.2 Å². The molecule has 2 aliphatic carbocycles. The fraction of sp³-hybridized carbons (Fsp3) is 0.571. The van der Waals surface area contributed by atoms with Crippen LogP contribution >= 0.6 is 0 Å². The van der Waals surface area contributed by atoms with E-state index in [4.69, 9.17) is 9.47 Å². The third-order valence-electron chi connectivity index (χ3n) is 5.36. The van der Waals surface area contributed by atoms with Crippen LogP contribution in [0.1, 0.15) is 51.2 Å². The Kier molecular flexibility index (Phi) is 4.01. The van der Waals surface area contributed by atoms with Gasteiger partial charge in [0.25, 0.3) is 0 Å². The third-order valence-corrected chi connectivity index (χ3v) is 5.36. The van der Waals surface area contributed by atoms with E-state index >= 15 is 0 Å². The van der Waals surface area contributed by atoms with Gasteiger partial charge in [-0.15, -0.1) is 0 Å². The maximum absolute atomic E-state index is 12.5. The largest absolute Gasteiger partial charge is 0.491 e. The Morgan fingerprint density at radius 1 is 1.28 bits per heavy atom. The summed E-state index contributed by atoms with van der Waals surface area (Å²) in [6, 6.07) is 6.33. The van der Waals surface area contributed by atoms with Gasteiger partial charge in [-0.3, -0.25) is 0 Å². The minimum atomic E-state index is -0.483. The highest BCUT2D eigenvalue weighted by Gasteiger charge is 2.35. The lowest BCUT2D eigenvalue weighted by Gasteiger charge is -2.26. The van der Waals surface area contributed by atoms with E-state index in [2.05, 4.69) is 24.3 Å². The number of benzene rings is 1. The molecule has 0 N–H and O–H groups in total. The molecule has 1 aromatic rings. The summed E-state index contributed by atoms with van der Waals surface area (Å²) in [5.41, 5.74) is 3.28. The molecule has 1 heterocycles. The summed E-state index contributed by atoms with van der Waals surface area (Å²) in [5, 5.41) is 0. The first-order chi connectivity index (χ1) is 11.9. The SMILES string of the molecule is CC(C)(C)OC(=O)N1CCOc2c(cccc2C2=CC3CCC2C3)C1. The highest BCUT2D eigenvalue weighted by Crippen LogP contribution is 2.50. The molecule has 1 fully saturated rings. The normalized spacial score (nSPS) is 25.1. The molecule has 4 nitrogen and oxygen atoms in total. The number of rotatable bonds is 1. The van der Waals surface area contributed by atoms with E-state index in [1.165, 1.54) is 30.4 Å².